The van der Waals surface area contributed by atoms with E-state index in [0.29, 0.717) is 23.3 Å². The Labute approximate surface area is 112 Å². The topological polar surface area (TPSA) is 46.3 Å². The van der Waals surface area contributed by atoms with Gasteiger partial charge in [-0.3, -0.25) is 4.79 Å². The number of rotatable bonds is 1. The van der Waals surface area contributed by atoms with Crippen molar-refractivity contribution in [3.05, 3.63) is 28.3 Å². The van der Waals surface area contributed by atoms with E-state index in [0.717, 1.165) is 24.0 Å². The molecule has 1 aromatic rings. The predicted octanol–water partition coefficient (Wildman–Crippen LogP) is 3.21. The van der Waals surface area contributed by atoms with Gasteiger partial charge in [0.2, 0.25) is 0 Å². The fraction of sp³-hybridized carbons (Fsp3) is 0.500. The molecule has 2 aliphatic rings. The summed E-state index contributed by atoms with van der Waals surface area (Å²) in [6.07, 6.45) is 6.01. The van der Waals surface area contributed by atoms with E-state index < -0.39 is 0 Å². The van der Waals surface area contributed by atoms with Gasteiger partial charge in [-0.25, -0.2) is 0 Å². The van der Waals surface area contributed by atoms with E-state index in [1.54, 1.807) is 6.07 Å². The third kappa shape index (κ3) is 1.87. The maximum atomic E-state index is 12.4. The second kappa shape index (κ2) is 4.47. The van der Waals surface area contributed by atoms with E-state index in [1.165, 1.54) is 19.3 Å². The van der Waals surface area contributed by atoms with Crippen LogP contribution in [0.1, 0.15) is 48.0 Å². The number of nitrogens with two attached hydrogens (primary N) is 1. The molecule has 1 amide bonds. The van der Waals surface area contributed by atoms with E-state index in [9.17, 15) is 4.79 Å². The van der Waals surface area contributed by atoms with Crippen molar-refractivity contribution < 1.29 is 4.79 Å². The van der Waals surface area contributed by atoms with Crippen molar-refractivity contribution in [3.8, 4) is 0 Å². The quantitative estimate of drug-likeness (QED) is 0.792. The highest BCUT2D eigenvalue weighted by molar-refractivity contribution is 6.33. The first-order chi connectivity index (χ1) is 8.66. The first-order valence-corrected chi connectivity index (χ1v) is 6.93. The van der Waals surface area contributed by atoms with Gasteiger partial charge in [0.15, 0.2) is 0 Å². The van der Waals surface area contributed by atoms with E-state index >= 15 is 0 Å². The first-order valence-electron chi connectivity index (χ1n) is 6.55. The van der Waals surface area contributed by atoms with Gasteiger partial charge in [-0.1, -0.05) is 30.9 Å². The molecule has 1 fully saturated rings. The minimum absolute atomic E-state index is 0.125. The van der Waals surface area contributed by atoms with Crippen LogP contribution in [0.3, 0.4) is 0 Å². The maximum absolute atomic E-state index is 12.4. The lowest BCUT2D eigenvalue weighted by Crippen LogP contribution is -2.36. The van der Waals surface area contributed by atoms with Gasteiger partial charge in [0, 0.05) is 18.2 Å². The minimum Gasteiger partial charge on any atom is -0.398 e. The molecule has 0 aromatic heterocycles. The number of nitrogen functional groups attached to an aromatic ring is 1. The molecule has 1 aliphatic carbocycles. The zero-order valence-corrected chi connectivity index (χ0v) is 11.0. The summed E-state index contributed by atoms with van der Waals surface area (Å²) in [5.74, 6) is 0.125. The van der Waals surface area contributed by atoms with Gasteiger partial charge >= 0.3 is 0 Å². The number of carbonyl (C=O) groups is 1. The zero-order valence-electron chi connectivity index (χ0n) is 10.3. The molecule has 1 saturated carbocycles. The SMILES string of the molecule is Nc1cc2c(cc1Cl)CN(C1CCCCC1)C2=O. The van der Waals surface area contributed by atoms with Crippen molar-refractivity contribution in [1.29, 1.82) is 0 Å². The Morgan fingerprint density at radius 2 is 1.94 bits per heavy atom. The van der Waals surface area contributed by atoms with Crippen LogP contribution in [0.4, 0.5) is 5.69 Å². The van der Waals surface area contributed by atoms with Crippen molar-refractivity contribution in [1.82, 2.24) is 4.90 Å². The van der Waals surface area contributed by atoms with E-state index in [1.807, 2.05) is 11.0 Å². The van der Waals surface area contributed by atoms with Gasteiger partial charge in [-0.05, 0) is 30.5 Å². The van der Waals surface area contributed by atoms with Crippen molar-refractivity contribution in [3.63, 3.8) is 0 Å². The molecule has 0 saturated heterocycles. The van der Waals surface area contributed by atoms with Crippen LogP contribution in [-0.4, -0.2) is 16.8 Å². The molecule has 0 bridgehead atoms. The predicted molar refractivity (Wildman–Crippen MR) is 72.6 cm³/mol. The normalized spacial score (nSPS) is 20.3. The monoisotopic (exact) mass is 264 g/mol. The molecule has 3 nitrogen and oxygen atoms in total. The molecule has 2 N–H and O–H groups in total. The van der Waals surface area contributed by atoms with Crippen molar-refractivity contribution in [2.45, 2.75) is 44.7 Å². The summed E-state index contributed by atoms with van der Waals surface area (Å²) in [5.41, 5.74) is 8.03. The van der Waals surface area contributed by atoms with Crippen LogP contribution in [0.5, 0.6) is 0 Å². The highest BCUT2D eigenvalue weighted by Crippen LogP contribution is 2.34. The molecule has 0 radical (unpaired) electrons. The number of halogens is 1. The van der Waals surface area contributed by atoms with E-state index in [-0.39, 0.29) is 5.91 Å². The largest absolute Gasteiger partial charge is 0.398 e. The third-order valence-corrected chi connectivity index (χ3v) is 4.40. The zero-order chi connectivity index (χ0) is 12.7. The smallest absolute Gasteiger partial charge is 0.254 e. The van der Waals surface area contributed by atoms with Crippen molar-refractivity contribution >= 4 is 23.2 Å². The second-order valence-corrected chi connectivity index (χ2v) is 5.66. The molecular weight excluding hydrogens is 248 g/mol. The standard InChI is InChI=1S/C14H17ClN2O/c15-12-6-9-8-17(10-4-2-1-3-5-10)14(18)11(9)7-13(12)16/h6-7,10H,1-5,8,16H2. The number of fused-ring (bicyclic) bond motifs is 1. The Morgan fingerprint density at radius 3 is 2.67 bits per heavy atom. The van der Waals surface area contributed by atoms with Gasteiger partial charge in [-0.15, -0.1) is 0 Å². The molecule has 1 aromatic carbocycles. The van der Waals surface area contributed by atoms with Crippen LogP contribution < -0.4 is 5.73 Å². The Hall–Kier alpha value is -1.22. The fourth-order valence-electron chi connectivity index (χ4n) is 3.06. The Bertz CT molecular complexity index is 495. The summed E-state index contributed by atoms with van der Waals surface area (Å²) in [7, 11) is 0. The lowest BCUT2D eigenvalue weighted by Gasteiger charge is -2.30. The number of hydrogen-bond donors (Lipinski definition) is 1. The van der Waals surface area contributed by atoms with Gasteiger partial charge in [0.1, 0.15) is 0 Å². The maximum Gasteiger partial charge on any atom is 0.254 e. The number of hydrogen-bond acceptors (Lipinski definition) is 2. The highest BCUT2D eigenvalue weighted by atomic mass is 35.5. The van der Waals surface area contributed by atoms with Gasteiger partial charge in [0.25, 0.3) is 5.91 Å². The number of amides is 1. The summed E-state index contributed by atoms with van der Waals surface area (Å²) in [4.78, 5) is 14.4. The molecule has 3 rings (SSSR count). The summed E-state index contributed by atoms with van der Waals surface area (Å²) < 4.78 is 0. The molecule has 0 unspecified atom stereocenters. The van der Waals surface area contributed by atoms with Crippen LogP contribution >= 0.6 is 11.6 Å². The molecule has 4 heteroatoms. The average Bonchev–Trinajstić information content (AvgIpc) is 2.69. The highest BCUT2D eigenvalue weighted by Gasteiger charge is 2.33. The van der Waals surface area contributed by atoms with Crippen molar-refractivity contribution in [2.24, 2.45) is 0 Å². The second-order valence-electron chi connectivity index (χ2n) is 5.26. The van der Waals surface area contributed by atoms with Crippen molar-refractivity contribution in [2.75, 3.05) is 5.73 Å². The Balaban J connectivity index is 1.88. The van der Waals surface area contributed by atoms with Crippen LogP contribution in [0.25, 0.3) is 0 Å². The Kier molecular flexibility index (Phi) is 2.94. The summed E-state index contributed by atoms with van der Waals surface area (Å²) >= 11 is 6.02. The fourth-order valence-corrected chi connectivity index (χ4v) is 3.25. The average molecular weight is 265 g/mol. The van der Waals surface area contributed by atoms with Crippen LogP contribution in [-0.2, 0) is 6.54 Å². The van der Waals surface area contributed by atoms with Gasteiger partial charge < -0.3 is 10.6 Å². The molecule has 18 heavy (non-hydrogen) atoms. The van der Waals surface area contributed by atoms with E-state index in [4.69, 9.17) is 17.3 Å². The molecular formula is C14H17ClN2O. The molecule has 1 heterocycles. The van der Waals surface area contributed by atoms with Crippen LogP contribution in [0.15, 0.2) is 12.1 Å². The number of carbonyl (C=O) groups excluding carboxylic acids is 1. The lowest BCUT2D eigenvalue weighted by molar-refractivity contribution is 0.0660. The number of anilines is 1. The summed E-state index contributed by atoms with van der Waals surface area (Å²) in [5, 5.41) is 0.548. The third-order valence-electron chi connectivity index (χ3n) is 4.07. The van der Waals surface area contributed by atoms with Gasteiger partial charge in [-0.2, -0.15) is 0 Å². The summed E-state index contributed by atoms with van der Waals surface area (Å²) in [6.45, 7) is 0.693. The van der Waals surface area contributed by atoms with Crippen LogP contribution in [0, 0.1) is 0 Å². The van der Waals surface area contributed by atoms with E-state index in [2.05, 4.69) is 0 Å². The first kappa shape index (κ1) is 11.8. The number of nitrogens with zero attached hydrogens (tertiary/aromatic N) is 1. The number of benzene rings is 1. The molecule has 0 spiro atoms. The van der Waals surface area contributed by atoms with Crippen LogP contribution in [0.2, 0.25) is 5.02 Å². The van der Waals surface area contributed by atoms with Gasteiger partial charge in [0.05, 0.1) is 10.7 Å². The molecule has 96 valence electrons. The molecule has 1 aliphatic heterocycles. The lowest BCUT2D eigenvalue weighted by atomic mass is 9.94. The Morgan fingerprint density at radius 1 is 1.22 bits per heavy atom. The summed E-state index contributed by atoms with van der Waals surface area (Å²) in [6, 6.07) is 3.97. The minimum atomic E-state index is 0.125. The molecule has 0 atom stereocenters.